The second-order valence-corrected chi connectivity index (χ2v) is 11.6. The van der Waals surface area contributed by atoms with E-state index < -0.39 is 5.97 Å². The molecule has 0 radical (unpaired) electrons. The first-order valence-corrected chi connectivity index (χ1v) is 11.4. The van der Waals surface area contributed by atoms with Gasteiger partial charge in [-0.1, -0.05) is 40.7 Å². The van der Waals surface area contributed by atoms with E-state index in [1.807, 2.05) is 26.8 Å². The monoisotopic (exact) mass is 399 g/mol. The van der Waals surface area contributed by atoms with Crippen LogP contribution in [-0.4, -0.2) is 23.0 Å². The highest BCUT2D eigenvalue weighted by Crippen LogP contribution is 2.64. The molecule has 4 rings (SSSR count). The minimum absolute atomic E-state index is 0.107. The van der Waals surface area contributed by atoms with Crippen molar-refractivity contribution in [2.75, 3.05) is 0 Å². The van der Waals surface area contributed by atoms with Crippen molar-refractivity contribution >= 4 is 11.9 Å². The lowest BCUT2D eigenvalue weighted by Crippen LogP contribution is -2.54. The molecule has 0 bridgehead atoms. The van der Waals surface area contributed by atoms with Gasteiger partial charge in [0.2, 0.25) is 5.91 Å². The van der Waals surface area contributed by atoms with Crippen molar-refractivity contribution in [2.24, 2.45) is 34.0 Å². The van der Waals surface area contributed by atoms with Crippen molar-refractivity contribution in [3.05, 3.63) is 23.3 Å². The molecule has 160 valence electrons. The molecule has 0 saturated heterocycles. The second-order valence-electron chi connectivity index (χ2n) is 11.6. The van der Waals surface area contributed by atoms with Crippen LogP contribution in [0.1, 0.15) is 79.6 Å². The van der Waals surface area contributed by atoms with Gasteiger partial charge >= 0.3 is 5.97 Å². The lowest BCUT2D eigenvalue weighted by molar-refractivity contribution is -0.133. The average Bonchev–Trinajstić information content (AvgIpc) is 2.96. The summed E-state index contributed by atoms with van der Waals surface area (Å²) >= 11 is 0. The quantitative estimate of drug-likeness (QED) is 0.679. The Morgan fingerprint density at radius 2 is 1.83 bits per heavy atom. The Morgan fingerprint density at radius 3 is 2.48 bits per heavy atom. The van der Waals surface area contributed by atoms with Crippen LogP contribution in [0.15, 0.2) is 23.3 Å². The van der Waals surface area contributed by atoms with E-state index in [4.69, 9.17) is 0 Å². The van der Waals surface area contributed by atoms with Crippen LogP contribution in [0.25, 0.3) is 0 Å². The van der Waals surface area contributed by atoms with Gasteiger partial charge in [0.05, 0.1) is 0 Å². The van der Waals surface area contributed by atoms with Crippen LogP contribution in [0.2, 0.25) is 0 Å². The van der Waals surface area contributed by atoms with Crippen molar-refractivity contribution in [2.45, 2.75) is 85.6 Å². The van der Waals surface area contributed by atoms with Gasteiger partial charge < -0.3 is 10.4 Å². The molecule has 0 spiro atoms. The summed E-state index contributed by atoms with van der Waals surface area (Å²) in [6.07, 6.45) is 11.6. The summed E-state index contributed by atoms with van der Waals surface area (Å²) in [6.45, 7) is 10.8. The fourth-order valence-electron chi connectivity index (χ4n) is 7.11. The van der Waals surface area contributed by atoms with E-state index in [2.05, 4.69) is 25.2 Å². The fourth-order valence-corrected chi connectivity index (χ4v) is 7.11. The van der Waals surface area contributed by atoms with E-state index in [1.165, 1.54) is 18.4 Å². The number of hydrogen-bond donors (Lipinski definition) is 2. The maximum absolute atomic E-state index is 12.7. The molecule has 0 aromatic heterocycles. The Labute approximate surface area is 175 Å². The van der Waals surface area contributed by atoms with Gasteiger partial charge in [-0.05, 0) is 85.2 Å². The third-order valence-electron chi connectivity index (χ3n) is 9.03. The molecule has 4 aliphatic carbocycles. The number of amides is 1. The molecular formula is C25H37NO3. The van der Waals surface area contributed by atoms with Crippen LogP contribution < -0.4 is 5.32 Å². The Hall–Kier alpha value is -1.58. The number of rotatable bonds is 2. The van der Waals surface area contributed by atoms with Crippen LogP contribution in [-0.2, 0) is 9.59 Å². The number of aliphatic carboxylic acids is 1. The third-order valence-corrected chi connectivity index (χ3v) is 9.03. The summed E-state index contributed by atoms with van der Waals surface area (Å²) in [5, 5.41) is 12.8. The van der Waals surface area contributed by atoms with Crippen molar-refractivity contribution in [3.63, 3.8) is 0 Å². The van der Waals surface area contributed by atoms with E-state index in [1.54, 1.807) is 0 Å². The molecule has 4 aliphatic rings. The Kier molecular flexibility index (Phi) is 4.79. The maximum Gasteiger partial charge on any atom is 0.331 e. The zero-order valence-electron chi connectivity index (χ0n) is 18.7. The Morgan fingerprint density at radius 1 is 1.10 bits per heavy atom. The summed E-state index contributed by atoms with van der Waals surface area (Å²) in [7, 11) is 0. The summed E-state index contributed by atoms with van der Waals surface area (Å²) < 4.78 is 0. The summed E-state index contributed by atoms with van der Waals surface area (Å²) in [6, 6.07) is 0.281. The highest BCUT2D eigenvalue weighted by Gasteiger charge is 2.58. The highest BCUT2D eigenvalue weighted by molar-refractivity contribution is 5.87. The van der Waals surface area contributed by atoms with E-state index in [-0.39, 0.29) is 28.2 Å². The first-order valence-electron chi connectivity index (χ1n) is 11.4. The van der Waals surface area contributed by atoms with Crippen molar-refractivity contribution in [1.29, 1.82) is 0 Å². The number of carboxylic acid groups (broad SMARTS) is 1. The molecule has 1 unspecified atom stereocenters. The molecule has 0 aromatic rings. The minimum Gasteiger partial charge on any atom is -0.478 e. The molecule has 2 N–H and O–H groups in total. The number of nitrogens with one attached hydrogen (secondary N) is 1. The number of hydrogen-bond acceptors (Lipinski definition) is 2. The van der Waals surface area contributed by atoms with E-state index >= 15 is 0 Å². The van der Waals surface area contributed by atoms with Crippen LogP contribution in [0.3, 0.4) is 0 Å². The minimum atomic E-state index is -0.764. The lowest BCUT2D eigenvalue weighted by atomic mass is 9.48. The molecule has 4 nitrogen and oxygen atoms in total. The maximum atomic E-state index is 12.7. The van der Waals surface area contributed by atoms with Gasteiger partial charge in [0.25, 0.3) is 0 Å². The average molecular weight is 400 g/mol. The van der Waals surface area contributed by atoms with E-state index in [0.29, 0.717) is 29.7 Å². The van der Waals surface area contributed by atoms with E-state index in [0.717, 1.165) is 25.7 Å². The molecule has 1 amide bonds. The third kappa shape index (κ3) is 3.18. The van der Waals surface area contributed by atoms with Gasteiger partial charge in [-0.3, -0.25) is 4.79 Å². The van der Waals surface area contributed by atoms with Gasteiger partial charge in [0, 0.05) is 17.0 Å². The van der Waals surface area contributed by atoms with Crippen LogP contribution in [0.5, 0.6) is 0 Å². The number of allylic oxidation sites excluding steroid dienone is 3. The molecule has 2 saturated carbocycles. The lowest BCUT2D eigenvalue weighted by Gasteiger charge is -2.57. The number of fused-ring (bicyclic) bond motifs is 5. The molecule has 0 heterocycles. The number of carbonyl (C=O) groups is 2. The predicted molar refractivity (Wildman–Crippen MR) is 114 cm³/mol. The molecule has 4 heteroatoms. The van der Waals surface area contributed by atoms with Crippen molar-refractivity contribution in [1.82, 2.24) is 5.32 Å². The fraction of sp³-hybridized carbons (Fsp3) is 0.760. The summed E-state index contributed by atoms with van der Waals surface area (Å²) in [5.74, 6) is 1.33. The van der Waals surface area contributed by atoms with Gasteiger partial charge in [-0.25, -0.2) is 4.79 Å². The largest absolute Gasteiger partial charge is 0.478 e. The van der Waals surface area contributed by atoms with Crippen LogP contribution in [0.4, 0.5) is 0 Å². The second kappa shape index (κ2) is 6.72. The molecule has 0 aliphatic heterocycles. The van der Waals surface area contributed by atoms with E-state index in [9.17, 15) is 14.7 Å². The molecule has 29 heavy (non-hydrogen) atoms. The molecular weight excluding hydrogens is 362 g/mol. The van der Waals surface area contributed by atoms with Crippen LogP contribution >= 0.6 is 0 Å². The Bertz CT molecular complexity index is 788. The summed E-state index contributed by atoms with van der Waals surface area (Å²) in [5.41, 5.74) is 1.77. The topological polar surface area (TPSA) is 66.4 Å². The normalized spacial score (nSPS) is 41.4. The van der Waals surface area contributed by atoms with Gasteiger partial charge in [-0.2, -0.15) is 0 Å². The number of carbonyl (C=O) groups excluding carboxylic acids is 1. The Balaban J connectivity index is 1.58. The first-order chi connectivity index (χ1) is 13.5. The zero-order chi connectivity index (χ0) is 21.2. The van der Waals surface area contributed by atoms with Gasteiger partial charge in [0.1, 0.15) is 0 Å². The SMILES string of the molecule is CC(C)(C)C(=O)NC1CC[C@H]2[C@@H]3CC=C4C=C(C(=O)O)CC[C@]4(C)[C@@H]3CC[C@]12C. The highest BCUT2D eigenvalue weighted by atomic mass is 16.4. The molecule has 0 aromatic carbocycles. The first kappa shape index (κ1) is 20.7. The number of carboxylic acids is 1. The van der Waals surface area contributed by atoms with Crippen molar-refractivity contribution < 1.29 is 14.7 Å². The van der Waals surface area contributed by atoms with Gasteiger partial charge in [0.15, 0.2) is 0 Å². The smallest absolute Gasteiger partial charge is 0.331 e. The van der Waals surface area contributed by atoms with Gasteiger partial charge in [-0.15, -0.1) is 0 Å². The predicted octanol–water partition coefficient (Wildman–Crippen LogP) is 5.10. The van der Waals surface area contributed by atoms with Crippen LogP contribution in [0, 0.1) is 34.0 Å². The zero-order valence-corrected chi connectivity index (χ0v) is 18.7. The summed E-state index contributed by atoms with van der Waals surface area (Å²) in [4.78, 5) is 24.1. The van der Waals surface area contributed by atoms with Crippen molar-refractivity contribution in [3.8, 4) is 0 Å². The molecule has 6 atom stereocenters. The molecule has 2 fully saturated rings. The standard InChI is InChI=1S/C25H37NO3/c1-23(2,3)22(29)26-20-9-8-18-17-7-6-16-14-15(21(27)28)10-12-24(16,4)19(17)11-13-25(18,20)5/h6,14,17-20H,7-13H2,1-5H3,(H,26,29)(H,27,28)/t17-,18-,19+,20?,24-,25-/m0/s1.